The topological polar surface area (TPSA) is 166 Å². The smallest absolute Gasteiger partial charge is 0.464 e. The highest BCUT2D eigenvalue weighted by Gasteiger charge is 2.37. The third-order valence-corrected chi connectivity index (χ3v) is 4.64. The molecule has 0 unspecified atom stereocenters. The van der Waals surface area contributed by atoms with Gasteiger partial charge in [-0.05, 0) is 36.4 Å². The summed E-state index contributed by atoms with van der Waals surface area (Å²) in [6.45, 7) is 0. The Balaban J connectivity index is 2.14. The van der Waals surface area contributed by atoms with E-state index in [1.807, 2.05) is 5.32 Å². The molecule has 0 radical (unpaired) electrons. The van der Waals surface area contributed by atoms with E-state index in [1.165, 1.54) is 0 Å². The number of rotatable bonds is 9. The van der Waals surface area contributed by atoms with E-state index >= 15 is 4.39 Å². The summed E-state index contributed by atoms with van der Waals surface area (Å²) in [7, 11) is 0.997. The van der Waals surface area contributed by atoms with Crippen molar-refractivity contribution in [2.45, 2.75) is 18.9 Å². The van der Waals surface area contributed by atoms with Gasteiger partial charge in [-0.3, -0.25) is 4.79 Å². The standard InChI is InChI=1S/C23H14F8N2O10/c1-39-20(35)10-8-9(6-7-32-10)33-19(34)15-11(2-3-12(16(15)24)41-21(26,27)28)40-14-5-4-13(42-22(29,30)31)17(25)18(14)43-23(36,37)38/h2-8,36-38H,1H3,(H,32,33,34). The molecule has 3 rings (SSSR count). The molecule has 0 saturated carbocycles. The molecule has 0 aliphatic rings. The van der Waals surface area contributed by atoms with Gasteiger partial charge in [0.15, 0.2) is 23.1 Å². The van der Waals surface area contributed by atoms with Crippen LogP contribution in [0.3, 0.4) is 0 Å². The zero-order valence-corrected chi connectivity index (χ0v) is 20.7. The van der Waals surface area contributed by atoms with Gasteiger partial charge in [0.2, 0.25) is 11.6 Å². The summed E-state index contributed by atoms with van der Waals surface area (Å²) < 4.78 is 127. The van der Waals surface area contributed by atoms with E-state index in [9.17, 15) is 40.3 Å². The highest BCUT2D eigenvalue weighted by Crippen LogP contribution is 2.43. The second kappa shape index (κ2) is 12.1. The van der Waals surface area contributed by atoms with Crippen molar-refractivity contribution < 1.29 is 83.7 Å². The number of esters is 1. The first-order valence-corrected chi connectivity index (χ1v) is 10.8. The first-order valence-electron chi connectivity index (χ1n) is 10.8. The molecule has 0 aliphatic carbocycles. The normalized spacial score (nSPS) is 11.9. The number of alkyl halides is 6. The van der Waals surface area contributed by atoms with Gasteiger partial charge in [-0.2, -0.15) is 4.39 Å². The molecule has 3 aromatic rings. The fraction of sp³-hybridized carbons (Fsp3) is 0.174. The maximum absolute atomic E-state index is 15.3. The van der Waals surface area contributed by atoms with Crippen LogP contribution in [0.2, 0.25) is 0 Å². The Hall–Kier alpha value is -4.95. The van der Waals surface area contributed by atoms with Crippen LogP contribution in [0.1, 0.15) is 20.8 Å². The maximum atomic E-state index is 15.3. The number of anilines is 1. The minimum atomic E-state index is -5.49. The minimum Gasteiger partial charge on any atom is -0.464 e. The number of hydrogen-bond donors (Lipinski definition) is 4. The third kappa shape index (κ3) is 8.77. The molecule has 1 amide bonds. The number of carbonyl (C=O) groups excluding carboxylic acids is 2. The van der Waals surface area contributed by atoms with Gasteiger partial charge < -0.3 is 44.3 Å². The Morgan fingerprint density at radius 2 is 1.33 bits per heavy atom. The van der Waals surface area contributed by atoms with Crippen LogP contribution in [0, 0.1) is 11.6 Å². The number of amides is 1. The Morgan fingerprint density at radius 3 is 1.86 bits per heavy atom. The lowest BCUT2D eigenvalue weighted by Crippen LogP contribution is -2.35. The molecular weight excluding hydrogens is 616 g/mol. The maximum Gasteiger partial charge on any atom is 0.573 e. The van der Waals surface area contributed by atoms with Crippen molar-refractivity contribution in [2.24, 2.45) is 0 Å². The molecule has 2 aromatic carbocycles. The summed E-state index contributed by atoms with van der Waals surface area (Å²) in [6, 6.07) is 3.39. The lowest BCUT2D eigenvalue weighted by atomic mass is 10.1. The third-order valence-electron chi connectivity index (χ3n) is 4.64. The summed E-state index contributed by atoms with van der Waals surface area (Å²) in [5.74, 6) is -14.0. The summed E-state index contributed by atoms with van der Waals surface area (Å²) in [6.07, 6.45) is -14.2. The molecular formula is C23H14F8N2O10. The van der Waals surface area contributed by atoms with Gasteiger partial charge in [0, 0.05) is 11.9 Å². The van der Waals surface area contributed by atoms with Crippen LogP contribution in [0.4, 0.5) is 40.8 Å². The van der Waals surface area contributed by atoms with E-state index in [0.717, 1.165) is 25.4 Å². The molecule has 0 fully saturated rings. The first kappa shape index (κ1) is 32.6. The Kier molecular flexibility index (Phi) is 9.17. The largest absolute Gasteiger partial charge is 0.573 e. The molecule has 1 heterocycles. The molecule has 0 saturated heterocycles. The number of carbonyl (C=O) groups is 2. The molecule has 0 bridgehead atoms. The van der Waals surface area contributed by atoms with Gasteiger partial charge in [-0.1, -0.05) is 0 Å². The fourth-order valence-corrected chi connectivity index (χ4v) is 3.11. The van der Waals surface area contributed by atoms with Crippen LogP contribution in [0.25, 0.3) is 0 Å². The van der Waals surface area contributed by atoms with Gasteiger partial charge >= 0.3 is 24.9 Å². The SMILES string of the molecule is COC(=O)c1cc(NC(=O)c2c(Oc3ccc(OC(F)(F)F)c(F)c3OC(O)(O)O)ccc(OC(F)(F)F)c2F)ccn1. The molecule has 0 spiro atoms. The van der Waals surface area contributed by atoms with Crippen molar-refractivity contribution in [3.63, 3.8) is 0 Å². The van der Waals surface area contributed by atoms with Crippen LogP contribution in [-0.4, -0.2) is 58.2 Å². The van der Waals surface area contributed by atoms with Crippen molar-refractivity contribution in [2.75, 3.05) is 12.4 Å². The second-order valence-electron chi connectivity index (χ2n) is 7.70. The molecule has 12 nitrogen and oxygen atoms in total. The van der Waals surface area contributed by atoms with Gasteiger partial charge in [0.25, 0.3) is 5.91 Å². The van der Waals surface area contributed by atoms with Crippen molar-refractivity contribution in [3.8, 4) is 28.7 Å². The molecule has 0 atom stereocenters. The van der Waals surface area contributed by atoms with Gasteiger partial charge in [-0.15, -0.1) is 26.3 Å². The van der Waals surface area contributed by atoms with Crippen LogP contribution in [-0.2, 0) is 4.74 Å². The number of methoxy groups -OCH3 is 1. The second-order valence-corrected chi connectivity index (χ2v) is 7.70. The molecule has 1 aromatic heterocycles. The Labute approximate surface area is 232 Å². The van der Waals surface area contributed by atoms with Crippen molar-refractivity contribution in [3.05, 3.63) is 65.5 Å². The lowest BCUT2D eigenvalue weighted by Gasteiger charge is -2.21. The molecule has 20 heteroatoms. The van der Waals surface area contributed by atoms with Gasteiger partial charge in [0.05, 0.1) is 7.11 Å². The Morgan fingerprint density at radius 1 is 0.791 bits per heavy atom. The number of aromatic nitrogens is 1. The predicted molar refractivity (Wildman–Crippen MR) is 120 cm³/mol. The zero-order chi connectivity index (χ0) is 32.3. The number of benzene rings is 2. The number of halogens is 8. The number of hydrogen-bond acceptors (Lipinski definition) is 11. The first-order chi connectivity index (χ1) is 19.8. The number of nitrogens with one attached hydrogen (secondary N) is 1. The minimum absolute atomic E-state index is 0.251. The average molecular weight is 630 g/mol. The molecule has 4 N–H and O–H groups in total. The van der Waals surface area contributed by atoms with Crippen molar-refractivity contribution in [1.82, 2.24) is 4.98 Å². The highest BCUT2D eigenvalue weighted by molar-refractivity contribution is 6.07. The summed E-state index contributed by atoms with van der Waals surface area (Å²) >= 11 is 0. The van der Waals surface area contributed by atoms with E-state index in [-0.39, 0.29) is 17.4 Å². The monoisotopic (exact) mass is 630 g/mol. The number of nitrogens with zero attached hydrogens (tertiary/aromatic N) is 1. The van der Waals surface area contributed by atoms with E-state index in [0.29, 0.717) is 18.2 Å². The molecule has 232 valence electrons. The van der Waals surface area contributed by atoms with Crippen LogP contribution in [0.15, 0.2) is 42.6 Å². The summed E-state index contributed by atoms with van der Waals surface area (Å²) in [4.78, 5) is 28.4. The highest BCUT2D eigenvalue weighted by atomic mass is 19.4. The van der Waals surface area contributed by atoms with Crippen molar-refractivity contribution in [1.29, 1.82) is 0 Å². The Bertz CT molecular complexity index is 1520. The van der Waals surface area contributed by atoms with Gasteiger partial charge in [-0.25, -0.2) is 14.2 Å². The van der Waals surface area contributed by atoms with E-state index in [1.54, 1.807) is 0 Å². The predicted octanol–water partition coefficient (Wildman–Crippen LogP) is 3.96. The number of ether oxygens (including phenoxy) is 5. The van der Waals surface area contributed by atoms with Crippen LogP contribution < -0.4 is 24.3 Å². The van der Waals surface area contributed by atoms with Gasteiger partial charge in [0.1, 0.15) is 17.0 Å². The molecule has 0 aliphatic heterocycles. The number of aliphatic hydroxyl groups is 3. The fourth-order valence-electron chi connectivity index (χ4n) is 3.11. The van der Waals surface area contributed by atoms with E-state index in [2.05, 4.69) is 23.9 Å². The lowest BCUT2D eigenvalue weighted by molar-refractivity contribution is -0.420. The van der Waals surface area contributed by atoms with Crippen molar-refractivity contribution >= 4 is 17.6 Å². The summed E-state index contributed by atoms with van der Waals surface area (Å²) in [5, 5.41) is 29.3. The number of pyridine rings is 1. The molecule has 43 heavy (non-hydrogen) atoms. The average Bonchev–Trinajstić information content (AvgIpc) is 2.87. The van der Waals surface area contributed by atoms with Crippen LogP contribution in [0.5, 0.6) is 28.7 Å². The van der Waals surface area contributed by atoms with E-state index < -0.39 is 76.7 Å². The van der Waals surface area contributed by atoms with E-state index in [4.69, 9.17) is 20.1 Å². The zero-order valence-electron chi connectivity index (χ0n) is 20.7. The quantitative estimate of drug-likeness (QED) is 0.154. The van der Waals surface area contributed by atoms with Crippen LogP contribution >= 0.6 is 0 Å². The summed E-state index contributed by atoms with van der Waals surface area (Å²) in [5.41, 5.74) is -2.06.